The third kappa shape index (κ3) is 2.38. The summed E-state index contributed by atoms with van der Waals surface area (Å²) >= 11 is 0. The maximum absolute atomic E-state index is 12.0. The highest BCUT2D eigenvalue weighted by Crippen LogP contribution is 2.26. The van der Waals surface area contributed by atoms with Crippen LogP contribution in [0.25, 0.3) is 0 Å². The smallest absolute Gasteiger partial charge is 0.164 e. The lowest BCUT2D eigenvalue weighted by Gasteiger charge is -2.16. The molecule has 0 amide bonds. The summed E-state index contributed by atoms with van der Waals surface area (Å²) < 4.78 is 2.29. The number of aromatic nitrogens is 1. The Hall–Kier alpha value is -1.60. The molecule has 1 heterocycles. The second-order valence-electron chi connectivity index (χ2n) is 5.35. The van der Waals surface area contributed by atoms with E-state index in [0.717, 1.165) is 30.6 Å². The van der Waals surface area contributed by atoms with Crippen LogP contribution in [-0.2, 0) is 13.0 Å². The minimum atomic E-state index is 0.302. The molecule has 104 valence electrons. The van der Waals surface area contributed by atoms with Gasteiger partial charge in [0.25, 0.3) is 0 Å². The first-order chi connectivity index (χ1) is 9.69. The lowest BCUT2D eigenvalue weighted by molar-refractivity contribution is 0.0972. The predicted molar refractivity (Wildman–Crippen MR) is 85.3 cm³/mol. The zero-order valence-corrected chi connectivity index (χ0v) is 12.8. The first kappa shape index (κ1) is 13.4. The number of anilines is 1. The monoisotopic (exact) mass is 286 g/mol. The van der Waals surface area contributed by atoms with E-state index < -0.39 is 0 Å². The van der Waals surface area contributed by atoms with Crippen LogP contribution in [-0.4, -0.2) is 10.4 Å². The van der Waals surface area contributed by atoms with Gasteiger partial charge < -0.3 is 9.65 Å². The van der Waals surface area contributed by atoms with Gasteiger partial charge in [-0.25, -0.2) is 0 Å². The summed E-state index contributed by atoms with van der Waals surface area (Å²) in [5.74, 6) is 0.302. The summed E-state index contributed by atoms with van der Waals surface area (Å²) in [7, 11) is 2.50. The number of aryl methyl sites for hydroxylation is 1. The minimum absolute atomic E-state index is 0.302. The molecular weight excluding hydrogens is 267 g/mol. The summed E-state index contributed by atoms with van der Waals surface area (Å²) in [6, 6.07) is 10.4. The van der Waals surface area contributed by atoms with Crippen LogP contribution in [0.15, 0.2) is 30.3 Å². The van der Waals surface area contributed by atoms with E-state index in [1.54, 1.807) is 0 Å². The van der Waals surface area contributed by atoms with Crippen molar-refractivity contribution in [3.63, 3.8) is 0 Å². The molecule has 1 aliphatic carbocycles. The number of hydrogen-bond donors (Lipinski definition) is 1. The lowest BCUT2D eigenvalue weighted by atomic mass is 9.96. The molecule has 0 bridgehead atoms. The number of benzene rings is 1. The number of carbonyl (C=O) groups is 1. The van der Waals surface area contributed by atoms with Crippen molar-refractivity contribution in [1.29, 1.82) is 0 Å². The molecule has 0 spiro atoms. The molecule has 1 aliphatic rings. The van der Waals surface area contributed by atoms with Crippen molar-refractivity contribution >= 4 is 20.9 Å². The van der Waals surface area contributed by atoms with Gasteiger partial charge in [0.1, 0.15) is 0 Å². The molecule has 1 atom stereocenters. The Labute approximate surface area is 121 Å². The number of nitrogens with zero attached hydrogens (tertiary/aromatic N) is 1. The van der Waals surface area contributed by atoms with Crippen LogP contribution in [0.3, 0.4) is 0 Å². The number of ketones is 1. The molecule has 20 heavy (non-hydrogen) atoms. The first-order valence-electron chi connectivity index (χ1n) is 6.97. The quantitative estimate of drug-likeness (QED) is 0.875. The van der Waals surface area contributed by atoms with Crippen molar-refractivity contribution in [2.75, 3.05) is 5.09 Å². The molecule has 1 N–H and O–H groups in total. The lowest BCUT2D eigenvalue weighted by Crippen LogP contribution is -2.14. The molecule has 4 heteroatoms. The zero-order valence-electron chi connectivity index (χ0n) is 11.6. The molecule has 1 aromatic heterocycles. The highest BCUT2D eigenvalue weighted by atomic mass is 31.0. The highest BCUT2D eigenvalue weighted by Gasteiger charge is 2.22. The maximum Gasteiger partial charge on any atom is 0.164 e. The molecule has 0 saturated heterocycles. The van der Waals surface area contributed by atoms with Gasteiger partial charge >= 0.3 is 0 Å². The largest absolute Gasteiger partial charge is 0.369 e. The highest BCUT2D eigenvalue weighted by molar-refractivity contribution is 7.18. The molecule has 3 rings (SSSR count). The van der Waals surface area contributed by atoms with E-state index in [1.165, 1.54) is 17.0 Å². The van der Waals surface area contributed by atoms with Gasteiger partial charge in [-0.3, -0.25) is 4.79 Å². The Morgan fingerprint density at radius 1 is 1.25 bits per heavy atom. The number of Topliss-reactive ketones (excluding diaryl/α,β-unsaturated/α-hetero) is 1. The van der Waals surface area contributed by atoms with Gasteiger partial charge in [0.15, 0.2) is 5.78 Å². The van der Waals surface area contributed by atoms with Gasteiger partial charge in [0.05, 0.1) is 0 Å². The van der Waals surface area contributed by atoms with Crippen molar-refractivity contribution in [3.05, 3.63) is 52.8 Å². The standard InChI is InChI=1S/C16H19N2OP/c1-11-9-14-15(3-2-4-16(14)19)18(11)10-12-5-7-13(17-20)8-6-12/h5-9,17H,2-4,10,20H2,1H3. The number of rotatable bonds is 3. The Balaban J connectivity index is 1.92. The summed E-state index contributed by atoms with van der Waals surface area (Å²) in [5, 5.41) is 3.05. The Morgan fingerprint density at radius 2 is 2.00 bits per heavy atom. The van der Waals surface area contributed by atoms with Crippen molar-refractivity contribution < 1.29 is 4.79 Å². The fraction of sp³-hybridized carbons (Fsp3) is 0.312. The van der Waals surface area contributed by atoms with E-state index in [2.05, 4.69) is 56.3 Å². The predicted octanol–water partition coefficient (Wildman–Crippen LogP) is 3.57. The van der Waals surface area contributed by atoms with Crippen LogP contribution in [0.2, 0.25) is 0 Å². The maximum atomic E-state index is 12.0. The van der Waals surface area contributed by atoms with Crippen molar-refractivity contribution in [2.45, 2.75) is 32.7 Å². The fourth-order valence-corrected chi connectivity index (χ4v) is 3.09. The van der Waals surface area contributed by atoms with Crippen molar-refractivity contribution in [2.24, 2.45) is 0 Å². The summed E-state index contributed by atoms with van der Waals surface area (Å²) in [5.41, 5.74) is 5.68. The van der Waals surface area contributed by atoms with Gasteiger partial charge in [0, 0.05) is 35.6 Å². The van der Waals surface area contributed by atoms with Gasteiger partial charge in [-0.1, -0.05) is 12.1 Å². The van der Waals surface area contributed by atoms with Gasteiger partial charge in [-0.05, 0) is 52.9 Å². The van der Waals surface area contributed by atoms with E-state index in [4.69, 9.17) is 0 Å². The van der Waals surface area contributed by atoms with E-state index in [1.807, 2.05) is 0 Å². The fourth-order valence-electron chi connectivity index (χ4n) is 2.90. The van der Waals surface area contributed by atoms with Gasteiger partial charge in [-0.2, -0.15) is 0 Å². The summed E-state index contributed by atoms with van der Waals surface area (Å²) in [6.45, 7) is 2.93. The normalized spacial score (nSPS) is 14.2. The number of nitrogens with one attached hydrogen (secondary N) is 1. The van der Waals surface area contributed by atoms with Crippen molar-refractivity contribution in [3.8, 4) is 0 Å². The summed E-state index contributed by atoms with van der Waals surface area (Å²) in [6.07, 6.45) is 2.69. The average Bonchev–Trinajstić information content (AvgIpc) is 2.78. The molecule has 3 nitrogen and oxygen atoms in total. The number of carbonyl (C=O) groups excluding carboxylic acids is 1. The third-order valence-electron chi connectivity index (χ3n) is 3.99. The second kappa shape index (κ2) is 5.41. The first-order valence-corrected chi connectivity index (χ1v) is 7.54. The van der Waals surface area contributed by atoms with Gasteiger partial charge in [-0.15, -0.1) is 0 Å². The number of fused-ring (bicyclic) bond motifs is 1. The second-order valence-corrected chi connectivity index (χ2v) is 5.64. The molecule has 2 aromatic rings. The van der Waals surface area contributed by atoms with E-state index in [0.29, 0.717) is 12.2 Å². The summed E-state index contributed by atoms with van der Waals surface area (Å²) in [4.78, 5) is 12.0. The van der Waals surface area contributed by atoms with E-state index in [9.17, 15) is 4.79 Å². The minimum Gasteiger partial charge on any atom is -0.369 e. The molecule has 0 saturated carbocycles. The molecule has 0 aliphatic heterocycles. The molecular formula is C16H19N2OP. The zero-order chi connectivity index (χ0) is 14.1. The third-order valence-corrected chi connectivity index (χ3v) is 4.33. The molecule has 0 radical (unpaired) electrons. The number of hydrogen-bond acceptors (Lipinski definition) is 2. The van der Waals surface area contributed by atoms with Crippen LogP contribution in [0.1, 0.15) is 40.2 Å². The van der Waals surface area contributed by atoms with Crippen LogP contribution >= 0.6 is 9.39 Å². The average molecular weight is 286 g/mol. The Morgan fingerprint density at radius 3 is 2.70 bits per heavy atom. The molecule has 0 fully saturated rings. The van der Waals surface area contributed by atoms with E-state index in [-0.39, 0.29) is 0 Å². The van der Waals surface area contributed by atoms with Gasteiger partial charge in [0.2, 0.25) is 0 Å². The Bertz CT molecular complexity index is 643. The SMILES string of the molecule is Cc1cc2c(n1Cc1ccc(NP)cc1)CCCC2=O. The molecule has 1 aromatic carbocycles. The van der Waals surface area contributed by atoms with Crippen LogP contribution in [0.4, 0.5) is 5.69 Å². The Kier molecular flexibility index (Phi) is 3.62. The van der Waals surface area contributed by atoms with Crippen LogP contribution in [0, 0.1) is 6.92 Å². The topological polar surface area (TPSA) is 34.0 Å². The molecule has 1 unspecified atom stereocenters. The van der Waals surface area contributed by atoms with E-state index >= 15 is 0 Å². The van der Waals surface area contributed by atoms with Crippen molar-refractivity contribution in [1.82, 2.24) is 4.57 Å². The van der Waals surface area contributed by atoms with Crippen LogP contribution < -0.4 is 5.09 Å². The van der Waals surface area contributed by atoms with Crippen LogP contribution in [0.5, 0.6) is 0 Å².